The Balaban J connectivity index is 0.000000336. The van der Waals surface area contributed by atoms with Gasteiger partial charge in [-0.1, -0.05) is 97.6 Å². The highest BCUT2D eigenvalue weighted by molar-refractivity contribution is 8.27. The van der Waals surface area contributed by atoms with E-state index in [1.54, 1.807) is 5.56 Å². The minimum Gasteiger partial charge on any atom is -0.374 e. The molecule has 1 spiro atoms. The minimum atomic E-state index is -5.40. The van der Waals surface area contributed by atoms with Crippen LogP contribution in [0, 0.1) is 42.4 Å². The monoisotopic (exact) mass is 788 g/mol. The van der Waals surface area contributed by atoms with E-state index in [2.05, 4.69) is 127 Å². The van der Waals surface area contributed by atoms with Crippen LogP contribution in [-0.2, 0) is 4.74 Å². The maximum atomic E-state index is 11.1. The summed E-state index contributed by atoms with van der Waals surface area (Å²) in [5.74, 6) is 7.26. The van der Waals surface area contributed by atoms with E-state index in [1.807, 2.05) is 11.1 Å². The van der Waals surface area contributed by atoms with Gasteiger partial charge in [0, 0.05) is 12.8 Å². The average molecular weight is 789 g/mol. The van der Waals surface area contributed by atoms with Crippen LogP contribution in [0.4, 0.5) is 22.0 Å². The number of aryl methyl sites for hydroxylation is 2. The molecule has 1 aliphatic heterocycles. The molecular weight excluding hydrogens is 720 g/mol. The molecule has 55 heavy (non-hydrogen) atoms. The summed E-state index contributed by atoms with van der Waals surface area (Å²) in [5, 5.41) is 0. The van der Waals surface area contributed by atoms with Crippen molar-refractivity contribution in [2.24, 2.45) is 28.6 Å². The lowest BCUT2D eigenvalue weighted by atomic mass is 9.52. The molecule has 308 valence electrons. The number of fused-ring (bicyclic) bond motifs is 4. The topological polar surface area (TPSA) is 9.23 Å². The second-order valence-electron chi connectivity index (χ2n) is 18.0. The Hall–Kier alpha value is -2.64. The van der Waals surface area contributed by atoms with E-state index in [1.165, 1.54) is 86.7 Å². The zero-order valence-electron chi connectivity index (χ0n) is 34.9. The number of rotatable bonds is 2. The van der Waals surface area contributed by atoms with E-state index in [9.17, 15) is 22.0 Å². The fourth-order valence-corrected chi connectivity index (χ4v) is 10.5. The van der Waals surface area contributed by atoms with Crippen molar-refractivity contribution < 1.29 is 26.7 Å². The maximum absolute atomic E-state index is 11.1. The molecule has 7 heteroatoms. The van der Waals surface area contributed by atoms with Gasteiger partial charge in [-0.2, -0.15) is 31.2 Å². The van der Waals surface area contributed by atoms with E-state index in [-0.39, 0.29) is 12.5 Å². The Kier molecular flexibility index (Phi) is 15.6. The third kappa shape index (κ3) is 11.5. The van der Waals surface area contributed by atoms with E-state index < -0.39 is 21.3 Å². The molecule has 3 saturated carbocycles. The molecule has 0 aromatic heterocycles. The van der Waals surface area contributed by atoms with Crippen molar-refractivity contribution in [1.29, 1.82) is 0 Å². The number of hydrogen-bond donors (Lipinski definition) is 0. The lowest BCUT2D eigenvalue weighted by molar-refractivity contribution is -0.273. The summed E-state index contributed by atoms with van der Waals surface area (Å²) in [6.07, 6.45) is 11.7. The van der Waals surface area contributed by atoms with Gasteiger partial charge < -0.3 is 4.74 Å². The quantitative estimate of drug-likeness (QED) is 0.167. The molecule has 2 aromatic carbocycles. The Morgan fingerprint density at radius 1 is 0.745 bits per heavy atom. The van der Waals surface area contributed by atoms with Crippen LogP contribution < -0.4 is 0 Å². The van der Waals surface area contributed by atoms with Crippen LogP contribution in [-0.4, -0.2) is 42.3 Å². The van der Waals surface area contributed by atoms with Crippen LogP contribution in [0.3, 0.4) is 0 Å². The van der Waals surface area contributed by atoms with Crippen LogP contribution >= 0.6 is 9.21 Å². The van der Waals surface area contributed by atoms with Crippen LogP contribution in [0.5, 0.6) is 0 Å². The molecule has 7 rings (SSSR count). The van der Waals surface area contributed by atoms with Gasteiger partial charge >= 0.3 is 12.1 Å². The van der Waals surface area contributed by atoms with Crippen LogP contribution in [0.2, 0.25) is 0 Å². The Bertz CT molecular complexity index is 1630. The van der Waals surface area contributed by atoms with E-state index in [4.69, 9.17) is 4.74 Å². The molecule has 5 aliphatic rings. The van der Waals surface area contributed by atoms with Crippen molar-refractivity contribution in [2.75, 3.05) is 12.9 Å². The van der Waals surface area contributed by atoms with Crippen LogP contribution in [0.15, 0.2) is 90.9 Å². The van der Waals surface area contributed by atoms with Crippen molar-refractivity contribution in [1.82, 2.24) is 0 Å². The predicted molar refractivity (Wildman–Crippen MR) is 229 cm³/mol. The fourth-order valence-electron chi connectivity index (χ4n) is 9.73. The highest BCUT2D eigenvalue weighted by atomic mass is 32.2. The van der Waals surface area contributed by atoms with Crippen molar-refractivity contribution in [2.45, 2.75) is 141 Å². The first-order valence-corrected chi connectivity index (χ1v) is 22.3. The van der Waals surface area contributed by atoms with Gasteiger partial charge in [-0.3, -0.25) is 0 Å². The molecule has 2 aromatic rings. The normalized spacial score (nSPS) is 29.5. The van der Waals surface area contributed by atoms with E-state index in [0.29, 0.717) is 16.7 Å². The number of alkyl halides is 5. The molecule has 1 heterocycles. The van der Waals surface area contributed by atoms with Gasteiger partial charge in [0.25, 0.3) is 0 Å². The Morgan fingerprint density at radius 2 is 1.29 bits per heavy atom. The lowest BCUT2D eigenvalue weighted by Gasteiger charge is -2.55. The number of ether oxygens (including phenoxy) is 1. The molecule has 6 unspecified atom stereocenters. The second kappa shape index (κ2) is 18.3. The van der Waals surface area contributed by atoms with Crippen molar-refractivity contribution >= 4 is 20.9 Å². The molecule has 6 atom stereocenters. The first-order valence-electron chi connectivity index (χ1n) is 19.9. The lowest BCUT2D eigenvalue weighted by Crippen LogP contribution is -2.48. The third-order valence-corrected chi connectivity index (χ3v) is 14.3. The number of benzene rings is 2. The first-order chi connectivity index (χ1) is 25.5. The summed E-state index contributed by atoms with van der Waals surface area (Å²) in [5.41, 5.74) is 9.06. The predicted octanol–water partition coefficient (Wildman–Crippen LogP) is 14.8. The standard InChI is InChI=1S/C33H48OS.C8H10.C3H3F5.2C2H4/c1-31(2)18-19-33(34-22-31)17-15-26-24(20-33)11-14-27-29-8-7-16-32(29,3)21-28(30(26)27)23-9-12-25(13-10-23)35(4,5)6;1-7-3-5-8(2)6-4-7;1-2(4,5)3(6,7)8;2*1-2/h9-10,12-13,24,27-29H,4-5,7-8,11,14-22H2,1-3,6H3;3-6H,1-2H3;1H3;2*1-2H2. The number of hydrogen-bond acceptors (Lipinski definition) is 1. The van der Waals surface area contributed by atoms with Crippen molar-refractivity contribution in [3.8, 4) is 0 Å². The average Bonchev–Trinajstić information content (AvgIpc) is 3.53. The van der Waals surface area contributed by atoms with Gasteiger partial charge in [0.05, 0.1) is 12.2 Å². The van der Waals surface area contributed by atoms with Gasteiger partial charge in [0.15, 0.2) is 0 Å². The third-order valence-electron chi connectivity index (χ3n) is 12.8. The molecule has 0 bridgehead atoms. The molecular formula is C48H69F5OS. The van der Waals surface area contributed by atoms with Crippen LogP contribution in [0.25, 0.3) is 0 Å². The summed E-state index contributed by atoms with van der Waals surface area (Å²) in [6, 6.07) is 18.1. The van der Waals surface area contributed by atoms with E-state index >= 15 is 0 Å². The number of halogens is 5. The Labute approximate surface area is 331 Å². The van der Waals surface area contributed by atoms with Gasteiger partial charge in [-0.05, 0) is 135 Å². The second-order valence-corrected chi connectivity index (χ2v) is 21.0. The molecule has 1 saturated heterocycles. The summed E-state index contributed by atoms with van der Waals surface area (Å²) in [7, 11) is -1.17. The SMILES string of the molecule is C=C.C=C.C=S(=C)(C)c1ccc(C2CC3(C)CCCC3C3CCC4CC5(CCC4=C23)CCC(C)(C)CO5)cc1.CC(F)(F)C(F)(F)F.Cc1ccc(C)cc1. The molecule has 4 fully saturated rings. The van der Waals surface area contributed by atoms with Gasteiger partial charge in [0.2, 0.25) is 0 Å². The Morgan fingerprint density at radius 3 is 1.76 bits per heavy atom. The summed E-state index contributed by atoms with van der Waals surface area (Å²) in [4.78, 5) is 1.33. The van der Waals surface area contributed by atoms with Crippen LogP contribution in [0.1, 0.15) is 121 Å². The molecule has 0 amide bonds. The van der Waals surface area contributed by atoms with Gasteiger partial charge in [0.1, 0.15) is 0 Å². The molecule has 0 N–H and O–H groups in total. The zero-order chi connectivity index (χ0) is 41.6. The largest absolute Gasteiger partial charge is 0.452 e. The van der Waals surface area contributed by atoms with E-state index in [0.717, 1.165) is 24.4 Å². The highest BCUT2D eigenvalue weighted by Crippen LogP contribution is 2.65. The maximum Gasteiger partial charge on any atom is 0.452 e. The van der Waals surface area contributed by atoms with Gasteiger partial charge in [-0.15, -0.1) is 26.3 Å². The zero-order valence-corrected chi connectivity index (χ0v) is 35.7. The fraction of sp³-hybridized carbons (Fsp3) is 0.583. The highest BCUT2D eigenvalue weighted by Gasteiger charge is 2.55. The number of allylic oxidation sites excluding steroid dienone is 2. The van der Waals surface area contributed by atoms with Crippen molar-refractivity contribution in [3.63, 3.8) is 0 Å². The molecule has 0 radical (unpaired) electrons. The van der Waals surface area contributed by atoms with Crippen molar-refractivity contribution in [3.05, 3.63) is 103 Å². The first kappa shape index (κ1) is 46.7. The van der Waals surface area contributed by atoms with Gasteiger partial charge in [-0.25, -0.2) is 0 Å². The summed E-state index contributed by atoms with van der Waals surface area (Å²) < 4.78 is 61.4. The molecule has 1 nitrogen and oxygen atoms in total. The summed E-state index contributed by atoms with van der Waals surface area (Å²) in [6.45, 7) is 24.4. The smallest absolute Gasteiger partial charge is 0.374 e. The summed E-state index contributed by atoms with van der Waals surface area (Å²) >= 11 is 0. The minimum absolute atomic E-state index is 0.167. The molecule has 4 aliphatic carbocycles.